The second-order valence-electron chi connectivity index (χ2n) is 4.63. The van der Waals surface area contributed by atoms with Crippen LogP contribution in [-0.4, -0.2) is 49.8 Å². The number of aliphatic hydroxyl groups excluding tert-OH is 1. The smallest absolute Gasteiger partial charge is 0.224 e. The van der Waals surface area contributed by atoms with Gasteiger partial charge in [0.15, 0.2) is 0 Å². The van der Waals surface area contributed by atoms with Crippen LogP contribution in [0.25, 0.3) is 0 Å². The van der Waals surface area contributed by atoms with Crippen molar-refractivity contribution in [3.63, 3.8) is 0 Å². The van der Waals surface area contributed by atoms with Gasteiger partial charge in [-0.25, -0.2) is 0 Å². The van der Waals surface area contributed by atoms with Crippen LogP contribution >= 0.6 is 0 Å². The number of nitrogens with one attached hydrogen (secondary N) is 1. The first-order chi connectivity index (χ1) is 9.56. The highest BCUT2D eigenvalue weighted by Gasteiger charge is 2.07. The Hall–Kier alpha value is -1.79. The van der Waals surface area contributed by atoms with Gasteiger partial charge in [0.25, 0.3) is 0 Å². The highest BCUT2D eigenvalue weighted by atomic mass is 16.5. The molecule has 0 aromatic heterocycles. The van der Waals surface area contributed by atoms with Gasteiger partial charge in [-0.2, -0.15) is 0 Å². The van der Waals surface area contributed by atoms with Gasteiger partial charge in [0, 0.05) is 19.0 Å². The van der Waals surface area contributed by atoms with E-state index in [2.05, 4.69) is 5.32 Å². The number of amides is 1. The highest BCUT2D eigenvalue weighted by Crippen LogP contribution is 2.24. The number of nitrogen functional groups attached to an aromatic ring is 1. The molecule has 0 heterocycles. The summed E-state index contributed by atoms with van der Waals surface area (Å²) in [7, 11) is 3.48. The third kappa shape index (κ3) is 5.46. The average molecular weight is 281 g/mol. The zero-order chi connectivity index (χ0) is 15.0. The van der Waals surface area contributed by atoms with Gasteiger partial charge < -0.3 is 25.8 Å². The van der Waals surface area contributed by atoms with E-state index in [1.807, 2.05) is 11.9 Å². The molecule has 1 aromatic rings. The van der Waals surface area contributed by atoms with Crippen molar-refractivity contribution in [2.24, 2.45) is 0 Å². The van der Waals surface area contributed by atoms with Gasteiger partial charge in [-0.1, -0.05) is 0 Å². The number of likely N-dealkylation sites (N-methyl/N-ethyl adjacent to an activating group) is 1. The Morgan fingerprint density at radius 3 is 2.80 bits per heavy atom. The van der Waals surface area contributed by atoms with Crippen LogP contribution < -0.4 is 15.8 Å². The minimum atomic E-state index is -0.0701. The molecule has 0 bridgehead atoms. The Labute approximate surface area is 119 Å². The molecule has 1 aromatic carbocycles. The van der Waals surface area contributed by atoms with Crippen molar-refractivity contribution in [2.45, 2.75) is 12.8 Å². The molecular weight excluding hydrogens is 258 g/mol. The number of nitrogens with two attached hydrogens (primary N) is 1. The van der Waals surface area contributed by atoms with E-state index in [4.69, 9.17) is 15.6 Å². The predicted molar refractivity (Wildman–Crippen MR) is 79.9 cm³/mol. The summed E-state index contributed by atoms with van der Waals surface area (Å²) in [6, 6.07) is 5.15. The third-order valence-electron chi connectivity index (χ3n) is 2.96. The number of hydrogen-bond donors (Lipinski definition) is 3. The monoisotopic (exact) mass is 281 g/mol. The Bertz CT molecular complexity index is 438. The highest BCUT2D eigenvalue weighted by molar-refractivity contribution is 5.93. The summed E-state index contributed by atoms with van der Waals surface area (Å²) in [6.45, 7) is 1.52. The molecule has 0 radical (unpaired) electrons. The maximum atomic E-state index is 11.8. The fraction of sp³-hybridized carbons (Fsp3) is 0.500. The summed E-state index contributed by atoms with van der Waals surface area (Å²) >= 11 is 0. The lowest BCUT2D eigenvalue weighted by Crippen LogP contribution is -2.24. The molecule has 6 nitrogen and oxygen atoms in total. The van der Waals surface area contributed by atoms with E-state index < -0.39 is 0 Å². The summed E-state index contributed by atoms with van der Waals surface area (Å²) in [5.41, 5.74) is 6.91. The number of anilines is 2. The largest absolute Gasteiger partial charge is 0.497 e. The van der Waals surface area contributed by atoms with Crippen molar-refractivity contribution in [2.75, 3.05) is 44.9 Å². The zero-order valence-electron chi connectivity index (χ0n) is 12.1. The lowest BCUT2D eigenvalue weighted by atomic mass is 10.2. The van der Waals surface area contributed by atoms with Gasteiger partial charge in [-0.15, -0.1) is 0 Å². The number of hydrogen-bond acceptors (Lipinski definition) is 5. The van der Waals surface area contributed by atoms with Crippen molar-refractivity contribution in [1.82, 2.24) is 4.90 Å². The Kier molecular flexibility index (Phi) is 6.83. The number of carbonyl (C=O) groups excluding carboxylic acids is 1. The second-order valence-corrected chi connectivity index (χ2v) is 4.63. The van der Waals surface area contributed by atoms with Crippen molar-refractivity contribution in [3.05, 3.63) is 18.2 Å². The van der Waals surface area contributed by atoms with Crippen LogP contribution in [0.3, 0.4) is 0 Å². The van der Waals surface area contributed by atoms with Crippen LogP contribution in [-0.2, 0) is 4.79 Å². The first-order valence-corrected chi connectivity index (χ1v) is 6.59. The van der Waals surface area contributed by atoms with Crippen LogP contribution in [0.4, 0.5) is 11.4 Å². The predicted octanol–water partition coefficient (Wildman–Crippen LogP) is 0.920. The normalized spacial score (nSPS) is 10.6. The number of methoxy groups -OCH3 is 1. The number of ether oxygens (including phenoxy) is 1. The summed E-state index contributed by atoms with van der Waals surface area (Å²) in [4.78, 5) is 13.8. The van der Waals surface area contributed by atoms with Crippen LogP contribution in [0.15, 0.2) is 18.2 Å². The van der Waals surface area contributed by atoms with Gasteiger partial charge in [0.2, 0.25) is 5.91 Å². The van der Waals surface area contributed by atoms with Crippen molar-refractivity contribution >= 4 is 17.3 Å². The quantitative estimate of drug-likeness (QED) is 0.617. The van der Waals surface area contributed by atoms with Gasteiger partial charge in [0.05, 0.1) is 25.1 Å². The fourth-order valence-electron chi connectivity index (χ4n) is 1.79. The average Bonchev–Trinajstić information content (AvgIpc) is 2.41. The Balaban J connectivity index is 2.39. The van der Waals surface area contributed by atoms with E-state index in [1.165, 1.54) is 0 Å². The van der Waals surface area contributed by atoms with Crippen LogP contribution in [0.2, 0.25) is 0 Å². The third-order valence-corrected chi connectivity index (χ3v) is 2.96. The minimum absolute atomic E-state index is 0.0701. The molecule has 20 heavy (non-hydrogen) atoms. The van der Waals surface area contributed by atoms with Gasteiger partial charge in [0.1, 0.15) is 5.75 Å². The number of carbonyl (C=O) groups is 1. The summed E-state index contributed by atoms with van der Waals surface area (Å²) in [6.07, 6.45) is 1.15. The first kappa shape index (κ1) is 16.3. The van der Waals surface area contributed by atoms with Crippen molar-refractivity contribution in [3.8, 4) is 5.75 Å². The molecule has 112 valence electrons. The van der Waals surface area contributed by atoms with E-state index in [0.717, 1.165) is 13.0 Å². The van der Waals surface area contributed by atoms with Crippen molar-refractivity contribution in [1.29, 1.82) is 0 Å². The minimum Gasteiger partial charge on any atom is -0.497 e. The van der Waals surface area contributed by atoms with E-state index >= 15 is 0 Å². The molecule has 0 saturated carbocycles. The lowest BCUT2D eigenvalue weighted by Gasteiger charge is -2.14. The molecule has 1 amide bonds. The molecular formula is C14H23N3O3. The topological polar surface area (TPSA) is 87.8 Å². The van der Waals surface area contributed by atoms with E-state index in [-0.39, 0.29) is 12.5 Å². The molecule has 0 atom stereocenters. The van der Waals surface area contributed by atoms with Gasteiger partial charge >= 0.3 is 0 Å². The molecule has 0 aliphatic carbocycles. The molecule has 0 spiro atoms. The van der Waals surface area contributed by atoms with Gasteiger partial charge in [-0.05, 0) is 32.1 Å². The maximum Gasteiger partial charge on any atom is 0.224 e. The van der Waals surface area contributed by atoms with Crippen LogP contribution in [0.1, 0.15) is 12.8 Å². The standard InChI is InChI=1S/C14H23N3O3/c1-17(8-9-18)7-3-4-14(19)16-13-6-5-11(20-2)10-12(13)15/h5-6,10,18H,3-4,7-9,15H2,1-2H3,(H,16,19). The van der Waals surface area contributed by atoms with E-state index in [0.29, 0.717) is 30.1 Å². The molecule has 0 unspecified atom stereocenters. The SMILES string of the molecule is COc1ccc(NC(=O)CCCN(C)CCO)c(N)c1. The molecule has 0 saturated heterocycles. The summed E-state index contributed by atoms with van der Waals surface area (Å²) < 4.78 is 5.05. The Morgan fingerprint density at radius 1 is 1.45 bits per heavy atom. The van der Waals surface area contributed by atoms with Gasteiger partial charge in [-0.3, -0.25) is 4.79 Å². The zero-order valence-corrected chi connectivity index (χ0v) is 12.1. The summed E-state index contributed by atoms with van der Waals surface area (Å²) in [5, 5.41) is 11.5. The molecule has 0 aliphatic heterocycles. The molecule has 1 rings (SSSR count). The summed E-state index contributed by atoms with van der Waals surface area (Å²) in [5.74, 6) is 0.588. The van der Waals surface area contributed by atoms with E-state index in [1.54, 1.807) is 25.3 Å². The number of nitrogens with zero attached hydrogens (tertiary/aromatic N) is 1. The molecule has 6 heteroatoms. The van der Waals surface area contributed by atoms with Crippen LogP contribution in [0, 0.1) is 0 Å². The second kappa shape index (κ2) is 8.39. The maximum absolute atomic E-state index is 11.8. The first-order valence-electron chi connectivity index (χ1n) is 6.59. The lowest BCUT2D eigenvalue weighted by molar-refractivity contribution is -0.116. The molecule has 4 N–H and O–H groups in total. The molecule has 0 fully saturated rings. The fourth-order valence-corrected chi connectivity index (χ4v) is 1.79. The Morgan fingerprint density at radius 2 is 2.20 bits per heavy atom. The van der Waals surface area contributed by atoms with Crippen LogP contribution in [0.5, 0.6) is 5.75 Å². The number of rotatable bonds is 8. The molecule has 0 aliphatic rings. The van der Waals surface area contributed by atoms with E-state index in [9.17, 15) is 4.79 Å². The van der Waals surface area contributed by atoms with Crippen molar-refractivity contribution < 1.29 is 14.6 Å². The number of benzene rings is 1. The number of aliphatic hydroxyl groups is 1.